The molecule has 2 aliphatic heterocycles. The van der Waals surface area contributed by atoms with Gasteiger partial charge in [0.2, 0.25) is 5.88 Å². The lowest BCUT2D eigenvalue weighted by Crippen LogP contribution is -2.36. The number of hydrogen-bond acceptors (Lipinski definition) is 5. The van der Waals surface area contributed by atoms with E-state index in [1.165, 1.54) is 18.4 Å². The molecule has 178 valence electrons. The van der Waals surface area contributed by atoms with Gasteiger partial charge in [0.05, 0.1) is 19.6 Å². The van der Waals surface area contributed by atoms with Gasteiger partial charge in [0.15, 0.2) is 0 Å². The normalized spacial score (nSPS) is 17.5. The van der Waals surface area contributed by atoms with Gasteiger partial charge in [-0.2, -0.15) is 0 Å². The summed E-state index contributed by atoms with van der Waals surface area (Å²) in [6, 6.07) is 2.76. The van der Waals surface area contributed by atoms with Crippen molar-refractivity contribution in [2.75, 3.05) is 33.3 Å². The average molecular weight is 455 g/mol. The van der Waals surface area contributed by atoms with Gasteiger partial charge in [0.1, 0.15) is 0 Å². The predicted octanol–water partition coefficient (Wildman–Crippen LogP) is 3.89. The number of urea groups is 1. The van der Waals surface area contributed by atoms with Crippen LogP contribution in [0.15, 0.2) is 53.9 Å². The standard InChI is InChI=1S/C25H34N4O4/c1-18(8-9-20-7-4-12-26-19(20)2)6-5-13-28-14-15-29(25(28)32)22(16-24(30)31)21-10-11-23(33-3)27-17-21/h8-11,17,22,26H,1,4-7,12-16H2,2-3H3,(H,30,31)/b9-8-/t22-/m0/s1. The Morgan fingerprint density at radius 3 is 2.88 bits per heavy atom. The van der Waals surface area contributed by atoms with Crippen molar-refractivity contribution in [3.63, 3.8) is 0 Å². The molecule has 1 aromatic heterocycles. The molecule has 0 radical (unpaired) electrons. The zero-order valence-corrected chi connectivity index (χ0v) is 19.5. The zero-order valence-electron chi connectivity index (χ0n) is 19.5. The first-order valence-electron chi connectivity index (χ1n) is 11.5. The van der Waals surface area contributed by atoms with Gasteiger partial charge < -0.3 is 25.0 Å². The second kappa shape index (κ2) is 11.5. The van der Waals surface area contributed by atoms with Crippen LogP contribution in [0.3, 0.4) is 0 Å². The second-order valence-corrected chi connectivity index (χ2v) is 8.49. The number of ether oxygens (including phenoxy) is 1. The van der Waals surface area contributed by atoms with E-state index >= 15 is 0 Å². The van der Waals surface area contributed by atoms with E-state index in [4.69, 9.17) is 4.74 Å². The monoisotopic (exact) mass is 454 g/mol. The van der Waals surface area contributed by atoms with E-state index < -0.39 is 12.0 Å². The third-order valence-electron chi connectivity index (χ3n) is 6.17. The van der Waals surface area contributed by atoms with Crippen molar-refractivity contribution < 1.29 is 19.4 Å². The first kappa shape index (κ1) is 24.4. The zero-order chi connectivity index (χ0) is 23.8. The third-order valence-corrected chi connectivity index (χ3v) is 6.17. The van der Waals surface area contributed by atoms with Gasteiger partial charge in [-0.15, -0.1) is 0 Å². The Kier molecular flexibility index (Phi) is 8.52. The van der Waals surface area contributed by atoms with Crippen molar-refractivity contribution in [2.24, 2.45) is 0 Å². The highest BCUT2D eigenvalue weighted by molar-refractivity contribution is 5.78. The molecule has 0 spiro atoms. The minimum absolute atomic E-state index is 0.132. The lowest BCUT2D eigenvalue weighted by molar-refractivity contribution is -0.138. The number of amides is 2. The van der Waals surface area contributed by atoms with Gasteiger partial charge in [0.25, 0.3) is 0 Å². The summed E-state index contributed by atoms with van der Waals surface area (Å²) in [4.78, 5) is 32.1. The molecule has 0 unspecified atom stereocenters. The molecule has 1 fully saturated rings. The number of carbonyl (C=O) groups excluding carboxylic acids is 1. The van der Waals surface area contributed by atoms with Crippen LogP contribution in [0.2, 0.25) is 0 Å². The summed E-state index contributed by atoms with van der Waals surface area (Å²) in [6.07, 6.45) is 9.48. The first-order chi connectivity index (χ1) is 15.9. The number of carboxylic acids is 1. The van der Waals surface area contributed by atoms with Crippen molar-refractivity contribution in [2.45, 2.75) is 45.1 Å². The number of carbonyl (C=O) groups is 2. The summed E-state index contributed by atoms with van der Waals surface area (Å²) in [6.45, 7) is 8.98. The molecule has 1 aromatic rings. The quantitative estimate of drug-likeness (QED) is 0.493. The van der Waals surface area contributed by atoms with E-state index in [9.17, 15) is 14.7 Å². The van der Waals surface area contributed by atoms with E-state index in [2.05, 4.69) is 36.0 Å². The topological polar surface area (TPSA) is 95.0 Å². The Balaban J connectivity index is 1.54. The van der Waals surface area contributed by atoms with Crippen molar-refractivity contribution in [3.8, 4) is 5.88 Å². The highest BCUT2D eigenvalue weighted by Gasteiger charge is 2.35. The number of nitrogens with zero attached hydrogens (tertiary/aromatic N) is 3. The Morgan fingerprint density at radius 2 is 2.21 bits per heavy atom. The molecule has 0 saturated carbocycles. The van der Waals surface area contributed by atoms with Gasteiger partial charge in [-0.1, -0.05) is 30.4 Å². The van der Waals surface area contributed by atoms with Crippen LogP contribution < -0.4 is 10.1 Å². The fraction of sp³-hybridized carbons (Fsp3) is 0.480. The Bertz CT molecular complexity index is 923. The lowest BCUT2D eigenvalue weighted by atomic mass is 10.0. The largest absolute Gasteiger partial charge is 0.481 e. The Labute approximate surface area is 195 Å². The molecule has 8 nitrogen and oxygen atoms in total. The summed E-state index contributed by atoms with van der Waals surface area (Å²) in [5.41, 5.74) is 4.28. The Morgan fingerprint density at radius 1 is 1.39 bits per heavy atom. The highest BCUT2D eigenvalue weighted by Crippen LogP contribution is 2.29. The molecule has 3 rings (SSSR count). The van der Waals surface area contributed by atoms with Crippen LogP contribution in [0.1, 0.15) is 50.6 Å². The van der Waals surface area contributed by atoms with E-state index in [1.807, 2.05) is 0 Å². The molecule has 2 amide bonds. The van der Waals surface area contributed by atoms with Gasteiger partial charge >= 0.3 is 12.0 Å². The maximum absolute atomic E-state index is 13.0. The van der Waals surface area contributed by atoms with Crippen molar-refractivity contribution in [1.29, 1.82) is 0 Å². The predicted molar refractivity (Wildman–Crippen MR) is 127 cm³/mol. The minimum atomic E-state index is -0.955. The van der Waals surface area contributed by atoms with E-state index in [0.717, 1.165) is 37.8 Å². The van der Waals surface area contributed by atoms with E-state index in [1.54, 1.807) is 28.1 Å². The van der Waals surface area contributed by atoms with Crippen LogP contribution >= 0.6 is 0 Å². The van der Waals surface area contributed by atoms with E-state index in [-0.39, 0.29) is 12.5 Å². The summed E-state index contributed by atoms with van der Waals surface area (Å²) < 4.78 is 5.08. The Hall–Kier alpha value is -3.29. The van der Waals surface area contributed by atoms with Crippen molar-refractivity contribution in [3.05, 3.63) is 59.5 Å². The van der Waals surface area contributed by atoms with Crippen LogP contribution in [-0.2, 0) is 4.79 Å². The van der Waals surface area contributed by atoms with Crippen LogP contribution in [0.5, 0.6) is 5.88 Å². The summed E-state index contributed by atoms with van der Waals surface area (Å²) in [5.74, 6) is -0.508. The van der Waals surface area contributed by atoms with Crippen LogP contribution in [0, 0.1) is 0 Å². The van der Waals surface area contributed by atoms with E-state index in [0.29, 0.717) is 31.1 Å². The molecule has 2 aliphatic rings. The van der Waals surface area contributed by atoms with Gasteiger partial charge in [0, 0.05) is 44.1 Å². The molecule has 1 atom stereocenters. The van der Waals surface area contributed by atoms with Crippen molar-refractivity contribution in [1.82, 2.24) is 20.1 Å². The molecule has 8 heteroatoms. The maximum atomic E-state index is 13.0. The lowest BCUT2D eigenvalue weighted by Gasteiger charge is -2.27. The number of aliphatic carboxylic acids is 1. The molecular weight excluding hydrogens is 420 g/mol. The number of nitrogens with one attached hydrogen (secondary N) is 1. The minimum Gasteiger partial charge on any atom is -0.481 e. The smallest absolute Gasteiger partial charge is 0.320 e. The molecule has 3 heterocycles. The molecule has 0 bridgehead atoms. The van der Waals surface area contributed by atoms with Crippen molar-refractivity contribution >= 4 is 12.0 Å². The highest BCUT2D eigenvalue weighted by atomic mass is 16.5. The number of carboxylic acid groups (broad SMARTS) is 1. The number of methoxy groups -OCH3 is 1. The average Bonchev–Trinajstić information content (AvgIpc) is 3.17. The van der Waals surface area contributed by atoms with Gasteiger partial charge in [-0.05, 0) is 43.7 Å². The first-order valence-corrected chi connectivity index (χ1v) is 11.5. The summed E-state index contributed by atoms with van der Waals surface area (Å²) >= 11 is 0. The molecule has 33 heavy (non-hydrogen) atoms. The number of allylic oxidation sites excluding steroid dienone is 5. The SMILES string of the molecule is C=C(/C=C\C1=C(C)NCCC1)CCCN1CCN([C@@H](CC(=O)O)c2ccc(OC)nc2)C1=O. The molecule has 0 aliphatic carbocycles. The summed E-state index contributed by atoms with van der Waals surface area (Å²) in [7, 11) is 1.52. The van der Waals surface area contributed by atoms with Gasteiger partial charge in [-0.25, -0.2) is 9.78 Å². The van der Waals surface area contributed by atoms with Crippen LogP contribution in [0.25, 0.3) is 0 Å². The molecular formula is C25H34N4O4. The van der Waals surface area contributed by atoms with Crippen LogP contribution in [0.4, 0.5) is 4.79 Å². The molecule has 1 saturated heterocycles. The number of pyridine rings is 1. The maximum Gasteiger partial charge on any atom is 0.320 e. The second-order valence-electron chi connectivity index (χ2n) is 8.49. The number of aromatic nitrogens is 1. The third kappa shape index (κ3) is 6.60. The van der Waals surface area contributed by atoms with Gasteiger partial charge in [-0.3, -0.25) is 4.79 Å². The fourth-order valence-electron chi connectivity index (χ4n) is 4.24. The summed E-state index contributed by atoms with van der Waals surface area (Å²) in [5, 5.41) is 12.8. The number of rotatable bonds is 11. The number of hydrogen-bond donors (Lipinski definition) is 2. The fourth-order valence-corrected chi connectivity index (χ4v) is 4.24. The van der Waals surface area contributed by atoms with Crippen LogP contribution in [-0.4, -0.2) is 65.2 Å². The molecule has 0 aromatic carbocycles. The molecule has 2 N–H and O–H groups in total.